The average Bonchev–Trinajstić information content (AvgIpc) is 2.61. The number of fused-ring (bicyclic) bond motifs is 1. The molecule has 1 N–H and O–H groups in total. The second kappa shape index (κ2) is 7.70. The first-order chi connectivity index (χ1) is 11.9. The Morgan fingerprint density at radius 2 is 1.84 bits per heavy atom. The van der Waals surface area contributed by atoms with Crippen LogP contribution in [0, 0.1) is 0 Å². The van der Waals surface area contributed by atoms with Crippen LogP contribution in [0.2, 0.25) is 0 Å². The zero-order chi connectivity index (χ0) is 17.9. The summed E-state index contributed by atoms with van der Waals surface area (Å²) in [4.78, 5) is 3.18. The molecule has 0 radical (unpaired) electrons. The molecule has 134 valence electrons. The summed E-state index contributed by atoms with van der Waals surface area (Å²) < 4.78 is 41.0. The Hall–Kier alpha value is -1.66. The molecule has 1 unspecified atom stereocenters. The van der Waals surface area contributed by atoms with Crippen LogP contribution < -0.4 is 9.62 Å². The number of nitrogens with zero attached hydrogens (tertiary/aromatic N) is 1. The molecule has 2 nitrogen and oxygen atoms in total. The van der Waals surface area contributed by atoms with Crippen molar-refractivity contribution in [3.63, 3.8) is 0 Å². The van der Waals surface area contributed by atoms with E-state index in [1.165, 1.54) is 35.3 Å². The second-order valence-electron chi connectivity index (χ2n) is 6.25. The van der Waals surface area contributed by atoms with Crippen LogP contribution in [0.15, 0.2) is 53.4 Å². The van der Waals surface area contributed by atoms with Gasteiger partial charge in [0.2, 0.25) is 0 Å². The summed E-state index contributed by atoms with van der Waals surface area (Å²) in [5.41, 5.74) is 2.06. The molecule has 0 saturated heterocycles. The summed E-state index contributed by atoms with van der Waals surface area (Å²) >= 11 is 1.37. The maximum absolute atomic E-state index is 12.6. The van der Waals surface area contributed by atoms with Gasteiger partial charge in [-0.25, -0.2) is 0 Å². The van der Waals surface area contributed by atoms with Gasteiger partial charge in [-0.1, -0.05) is 18.2 Å². The van der Waals surface area contributed by atoms with E-state index in [1.54, 1.807) is 0 Å². The van der Waals surface area contributed by atoms with E-state index in [0.717, 1.165) is 43.0 Å². The van der Waals surface area contributed by atoms with E-state index >= 15 is 0 Å². The number of para-hydroxylation sites is 1. The van der Waals surface area contributed by atoms with Crippen molar-refractivity contribution in [3.05, 3.63) is 59.7 Å². The summed E-state index contributed by atoms with van der Waals surface area (Å²) in [6, 6.07) is 14.0. The third-order valence-electron chi connectivity index (χ3n) is 4.43. The average molecular weight is 366 g/mol. The summed E-state index contributed by atoms with van der Waals surface area (Å²) in [6.07, 6.45) is -2.02. The molecule has 2 aromatic carbocycles. The molecule has 1 atom stereocenters. The minimum absolute atomic E-state index is 0.309. The van der Waals surface area contributed by atoms with Crippen molar-refractivity contribution in [2.45, 2.75) is 36.9 Å². The maximum atomic E-state index is 12.6. The van der Waals surface area contributed by atoms with E-state index in [4.69, 9.17) is 0 Å². The molecule has 25 heavy (non-hydrogen) atoms. The van der Waals surface area contributed by atoms with Crippen LogP contribution in [0.4, 0.5) is 18.9 Å². The van der Waals surface area contributed by atoms with Crippen molar-refractivity contribution >= 4 is 17.6 Å². The molecule has 0 amide bonds. The van der Waals surface area contributed by atoms with Crippen LogP contribution in [0.3, 0.4) is 0 Å². The van der Waals surface area contributed by atoms with E-state index in [2.05, 4.69) is 40.8 Å². The molecule has 1 aliphatic heterocycles. The van der Waals surface area contributed by atoms with E-state index in [0.29, 0.717) is 6.04 Å². The van der Waals surface area contributed by atoms with Gasteiger partial charge < -0.3 is 4.90 Å². The molecule has 0 fully saturated rings. The predicted molar refractivity (Wildman–Crippen MR) is 96.9 cm³/mol. The summed E-state index contributed by atoms with van der Waals surface area (Å²) in [5, 5.41) is 0. The highest BCUT2D eigenvalue weighted by Crippen LogP contribution is 2.31. The Morgan fingerprint density at radius 1 is 1.12 bits per heavy atom. The zero-order valence-electron chi connectivity index (χ0n) is 14.0. The van der Waals surface area contributed by atoms with Crippen LogP contribution in [-0.2, 0) is 12.6 Å². The van der Waals surface area contributed by atoms with Crippen LogP contribution >= 0.6 is 11.9 Å². The van der Waals surface area contributed by atoms with Crippen LogP contribution in [0.1, 0.15) is 24.5 Å². The molecule has 0 saturated carbocycles. The number of hydrogen-bond acceptors (Lipinski definition) is 3. The number of aryl methyl sites for hydroxylation is 1. The molecule has 6 heteroatoms. The van der Waals surface area contributed by atoms with Crippen molar-refractivity contribution in [2.24, 2.45) is 0 Å². The first-order valence-corrected chi connectivity index (χ1v) is 9.18. The minimum atomic E-state index is -4.28. The lowest BCUT2D eigenvalue weighted by Gasteiger charge is -2.36. The highest BCUT2D eigenvalue weighted by atomic mass is 32.2. The van der Waals surface area contributed by atoms with Gasteiger partial charge in [0, 0.05) is 29.7 Å². The summed E-state index contributed by atoms with van der Waals surface area (Å²) in [6.45, 7) is 3.95. The standard InChI is InChI=1S/C19H21F3N2S/c1-14(24-12-4-6-15-5-2-3-7-18(15)24)13-23-25-17-10-8-16(9-11-17)19(20,21)22/h2-3,5,7-11,14,23H,4,6,12-13H2,1H3. The molecule has 0 aromatic heterocycles. The van der Waals surface area contributed by atoms with Crippen molar-refractivity contribution in [1.29, 1.82) is 0 Å². The fourth-order valence-corrected chi connectivity index (χ4v) is 3.85. The molecule has 0 spiro atoms. The molecule has 2 aromatic rings. The fourth-order valence-electron chi connectivity index (χ4n) is 3.09. The third kappa shape index (κ3) is 4.50. The normalized spacial score (nSPS) is 15.8. The Bertz CT molecular complexity index is 701. The number of halogens is 3. The first kappa shape index (κ1) is 18.1. The number of rotatable bonds is 5. The van der Waals surface area contributed by atoms with E-state index in [-0.39, 0.29) is 0 Å². The van der Waals surface area contributed by atoms with Crippen molar-refractivity contribution in [2.75, 3.05) is 18.0 Å². The fraction of sp³-hybridized carbons (Fsp3) is 0.368. The van der Waals surface area contributed by atoms with Gasteiger partial charge in [0.1, 0.15) is 0 Å². The lowest BCUT2D eigenvalue weighted by Crippen LogP contribution is -2.42. The number of alkyl halides is 3. The van der Waals surface area contributed by atoms with Gasteiger partial charge in [0.05, 0.1) is 5.56 Å². The second-order valence-corrected chi connectivity index (χ2v) is 7.21. The smallest absolute Gasteiger partial charge is 0.367 e. The molecule has 0 aliphatic carbocycles. The monoisotopic (exact) mass is 366 g/mol. The molecule has 1 heterocycles. The third-order valence-corrected chi connectivity index (χ3v) is 5.25. The highest BCUT2D eigenvalue weighted by molar-refractivity contribution is 7.97. The number of anilines is 1. The SMILES string of the molecule is CC(CNSc1ccc(C(F)(F)F)cc1)N1CCCc2ccccc21. The van der Waals surface area contributed by atoms with Crippen molar-refractivity contribution < 1.29 is 13.2 Å². The Kier molecular flexibility index (Phi) is 5.59. The maximum Gasteiger partial charge on any atom is 0.416 e. The minimum Gasteiger partial charge on any atom is -0.367 e. The molecular weight excluding hydrogens is 345 g/mol. The van der Waals surface area contributed by atoms with Crippen LogP contribution in [0.5, 0.6) is 0 Å². The number of hydrogen-bond donors (Lipinski definition) is 1. The van der Waals surface area contributed by atoms with Gasteiger partial charge in [-0.05, 0) is 67.6 Å². The number of nitrogens with one attached hydrogen (secondary N) is 1. The van der Waals surface area contributed by atoms with Crippen LogP contribution in [0.25, 0.3) is 0 Å². The van der Waals surface area contributed by atoms with Crippen molar-refractivity contribution in [1.82, 2.24) is 4.72 Å². The van der Waals surface area contributed by atoms with E-state index < -0.39 is 11.7 Å². The van der Waals surface area contributed by atoms with Gasteiger partial charge >= 0.3 is 6.18 Å². The van der Waals surface area contributed by atoms with Crippen molar-refractivity contribution in [3.8, 4) is 0 Å². The van der Waals surface area contributed by atoms with E-state index in [9.17, 15) is 13.2 Å². The Balaban J connectivity index is 1.54. The lowest BCUT2D eigenvalue weighted by molar-refractivity contribution is -0.137. The molecule has 3 rings (SSSR count). The van der Waals surface area contributed by atoms with Gasteiger partial charge in [-0.3, -0.25) is 4.72 Å². The highest BCUT2D eigenvalue weighted by Gasteiger charge is 2.30. The quantitative estimate of drug-likeness (QED) is 0.738. The van der Waals surface area contributed by atoms with Gasteiger partial charge in [0.25, 0.3) is 0 Å². The topological polar surface area (TPSA) is 15.3 Å². The largest absolute Gasteiger partial charge is 0.416 e. The Labute approximate surface area is 150 Å². The van der Waals surface area contributed by atoms with Gasteiger partial charge in [-0.2, -0.15) is 13.2 Å². The molecule has 1 aliphatic rings. The molecular formula is C19H21F3N2S. The van der Waals surface area contributed by atoms with Gasteiger partial charge in [-0.15, -0.1) is 0 Å². The predicted octanol–water partition coefficient (Wildman–Crippen LogP) is 5.14. The van der Waals surface area contributed by atoms with Crippen LogP contribution in [-0.4, -0.2) is 19.1 Å². The Morgan fingerprint density at radius 3 is 2.56 bits per heavy atom. The zero-order valence-corrected chi connectivity index (χ0v) is 14.8. The summed E-state index contributed by atoms with van der Waals surface area (Å²) in [7, 11) is 0. The summed E-state index contributed by atoms with van der Waals surface area (Å²) in [5.74, 6) is 0. The number of benzene rings is 2. The lowest BCUT2D eigenvalue weighted by atomic mass is 10.0. The molecule has 0 bridgehead atoms. The van der Waals surface area contributed by atoms with Gasteiger partial charge in [0.15, 0.2) is 0 Å². The first-order valence-electron chi connectivity index (χ1n) is 8.36. The van der Waals surface area contributed by atoms with E-state index in [1.807, 2.05) is 0 Å².